The van der Waals surface area contributed by atoms with E-state index in [4.69, 9.17) is 0 Å². The van der Waals surface area contributed by atoms with Crippen molar-refractivity contribution in [2.75, 3.05) is 33.2 Å². The SMILES string of the molecule is CNC(=O)C1CC2(CCCCCCCCCC2)CC(c2ccc(C(=O)N3CCN(C(=O)C4(O)CC4)CC3)cc2)N1. The van der Waals surface area contributed by atoms with Crippen LogP contribution in [0.5, 0.6) is 0 Å². The lowest BCUT2D eigenvalue weighted by Crippen LogP contribution is -2.53. The molecule has 1 spiro atoms. The fourth-order valence-corrected chi connectivity index (χ4v) is 7.24. The Labute approximate surface area is 239 Å². The van der Waals surface area contributed by atoms with Crippen LogP contribution in [0.4, 0.5) is 0 Å². The topological polar surface area (TPSA) is 102 Å². The van der Waals surface area contributed by atoms with Crippen molar-refractivity contribution in [1.29, 1.82) is 0 Å². The second-order valence-electron chi connectivity index (χ2n) is 12.9. The third-order valence-electron chi connectivity index (χ3n) is 9.94. The van der Waals surface area contributed by atoms with Crippen LogP contribution in [0.25, 0.3) is 0 Å². The van der Waals surface area contributed by atoms with Crippen molar-refractivity contribution in [3.8, 4) is 0 Å². The molecule has 1 aromatic rings. The van der Waals surface area contributed by atoms with Crippen molar-refractivity contribution in [3.05, 3.63) is 35.4 Å². The molecule has 40 heavy (non-hydrogen) atoms. The van der Waals surface area contributed by atoms with Gasteiger partial charge < -0.3 is 20.2 Å². The van der Waals surface area contributed by atoms with E-state index in [1.807, 2.05) is 12.1 Å². The van der Waals surface area contributed by atoms with Crippen LogP contribution in [0.15, 0.2) is 24.3 Å². The number of carbonyl (C=O) groups excluding carboxylic acids is 3. The van der Waals surface area contributed by atoms with Gasteiger partial charge in [-0.2, -0.15) is 0 Å². The largest absolute Gasteiger partial charge is 0.380 e. The minimum atomic E-state index is -1.15. The predicted molar refractivity (Wildman–Crippen MR) is 155 cm³/mol. The van der Waals surface area contributed by atoms with E-state index >= 15 is 0 Å². The second kappa shape index (κ2) is 12.6. The maximum absolute atomic E-state index is 13.3. The molecule has 3 N–H and O–H groups in total. The molecule has 3 amide bonds. The minimum Gasteiger partial charge on any atom is -0.380 e. The van der Waals surface area contributed by atoms with E-state index in [0.29, 0.717) is 44.6 Å². The molecular formula is C32H48N4O4. The maximum atomic E-state index is 13.3. The van der Waals surface area contributed by atoms with Crippen molar-refractivity contribution in [3.63, 3.8) is 0 Å². The molecule has 1 aromatic carbocycles. The van der Waals surface area contributed by atoms with Crippen molar-refractivity contribution in [2.45, 2.75) is 108 Å². The van der Waals surface area contributed by atoms with Gasteiger partial charge in [0.2, 0.25) is 5.91 Å². The third kappa shape index (κ3) is 6.71. The summed E-state index contributed by atoms with van der Waals surface area (Å²) in [5.74, 6) is -0.150. The third-order valence-corrected chi connectivity index (χ3v) is 9.94. The lowest BCUT2D eigenvalue weighted by Gasteiger charge is -2.45. The molecule has 220 valence electrons. The van der Waals surface area contributed by atoms with Gasteiger partial charge in [-0.05, 0) is 61.6 Å². The summed E-state index contributed by atoms with van der Waals surface area (Å²) in [7, 11) is 1.72. The molecule has 4 aliphatic rings. The van der Waals surface area contributed by atoms with Crippen LogP contribution < -0.4 is 10.6 Å². The number of piperidine rings is 1. The summed E-state index contributed by atoms with van der Waals surface area (Å²) in [6, 6.07) is 7.81. The van der Waals surface area contributed by atoms with Crippen molar-refractivity contribution < 1.29 is 19.5 Å². The highest BCUT2D eigenvalue weighted by molar-refractivity contribution is 5.94. The summed E-state index contributed by atoms with van der Waals surface area (Å²) in [4.78, 5) is 42.1. The van der Waals surface area contributed by atoms with Crippen LogP contribution in [-0.2, 0) is 9.59 Å². The summed E-state index contributed by atoms with van der Waals surface area (Å²) in [6.45, 7) is 1.87. The van der Waals surface area contributed by atoms with E-state index in [9.17, 15) is 19.5 Å². The standard InChI is InChI=1S/C32H48N4O4/c1-33-28(37)27-23-31(14-8-6-4-2-3-5-7-9-15-31)22-26(34-27)24-10-12-25(13-11-24)29(38)35-18-20-36(21-19-35)30(39)32(40)16-17-32/h10-13,26-27,34,40H,2-9,14-23H2,1H3,(H,33,37). The molecular weight excluding hydrogens is 504 g/mol. The molecule has 2 aliphatic heterocycles. The van der Waals surface area contributed by atoms with Gasteiger partial charge in [0.05, 0.1) is 6.04 Å². The van der Waals surface area contributed by atoms with Gasteiger partial charge in [-0.3, -0.25) is 19.7 Å². The molecule has 2 aliphatic carbocycles. The number of carbonyl (C=O) groups is 3. The highest BCUT2D eigenvalue weighted by Gasteiger charge is 2.50. The zero-order valence-corrected chi connectivity index (χ0v) is 24.3. The van der Waals surface area contributed by atoms with E-state index < -0.39 is 5.60 Å². The number of nitrogens with zero attached hydrogens (tertiary/aromatic N) is 2. The Kier molecular flexibility index (Phi) is 9.15. The number of piperazine rings is 1. The second-order valence-corrected chi connectivity index (χ2v) is 12.9. The van der Waals surface area contributed by atoms with Crippen molar-refractivity contribution in [1.82, 2.24) is 20.4 Å². The molecule has 4 fully saturated rings. The van der Waals surface area contributed by atoms with E-state index in [-0.39, 0.29) is 35.2 Å². The summed E-state index contributed by atoms with van der Waals surface area (Å²) in [5.41, 5.74) is 0.786. The average molecular weight is 553 g/mol. The van der Waals surface area contributed by atoms with Crippen LogP contribution in [0.3, 0.4) is 0 Å². The first-order valence-corrected chi connectivity index (χ1v) is 15.7. The van der Waals surface area contributed by atoms with Crippen LogP contribution >= 0.6 is 0 Å². The fraction of sp³-hybridized carbons (Fsp3) is 0.719. The number of nitrogens with one attached hydrogen (secondary N) is 2. The molecule has 0 radical (unpaired) electrons. The van der Waals surface area contributed by atoms with E-state index in [0.717, 1.165) is 18.4 Å². The molecule has 8 nitrogen and oxygen atoms in total. The quantitative estimate of drug-likeness (QED) is 0.525. The Morgan fingerprint density at radius 1 is 0.800 bits per heavy atom. The van der Waals surface area contributed by atoms with Gasteiger partial charge in [0.25, 0.3) is 11.8 Å². The van der Waals surface area contributed by atoms with Crippen LogP contribution in [0.2, 0.25) is 0 Å². The highest BCUT2D eigenvalue weighted by Crippen LogP contribution is 2.47. The summed E-state index contributed by atoms with van der Waals surface area (Å²) < 4.78 is 0. The first-order chi connectivity index (χ1) is 19.3. The Bertz CT molecular complexity index is 1030. The Morgan fingerprint density at radius 3 is 1.90 bits per heavy atom. The summed E-state index contributed by atoms with van der Waals surface area (Å²) >= 11 is 0. The number of rotatable bonds is 4. The molecule has 0 aromatic heterocycles. The molecule has 2 saturated carbocycles. The van der Waals surface area contributed by atoms with Gasteiger partial charge in [0, 0.05) is 44.8 Å². The normalized spacial score (nSPS) is 26.9. The van der Waals surface area contributed by atoms with E-state index in [1.54, 1.807) is 16.8 Å². The monoisotopic (exact) mass is 552 g/mol. The first-order valence-electron chi connectivity index (χ1n) is 15.7. The van der Waals surface area contributed by atoms with Gasteiger partial charge in [0.15, 0.2) is 0 Å². The van der Waals surface area contributed by atoms with Gasteiger partial charge in [0.1, 0.15) is 5.60 Å². The van der Waals surface area contributed by atoms with E-state index in [2.05, 4.69) is 22.8 Å². The molecule has 2 unspecified atom stereocenters. The summed E-state index contributed by atoms with van der Waals surface area (Å²) in [6.07, 6.45) is 15.7. The Balaban J connectivity index is 1.25. The Morgan fingerprint density at radius 2 is 1.35 bits per heavy atom. The van der Waals surface area contributed by atoms with Crippen molar-refractivity contribution in [2.24, 2.45) is 5.41 Å². The molecule has 2 saturated heterocycles. The zero-order chi connectivity index (χ0) is 28.2. The fourth-order valence-electron chi connectivity index (χ4n) is 7.24. The lowest BCUT2D eigenvalue weighted by molar-refractivity contribution is -0.143. The number of likely N-dealkylation sites (N-methyl/N-ethyl adjacent to an activating group) is 1. The lowest BCUT2D eigenvalue weighted by atomic mass is 9.66. The molecule has 2 atom stereocenters. The maximum Gasteiger partial charge on any atom is 0.254 e. The van der Waals surface area contributed by atoms with Crippen LogP contribution in [-0.4, -0.2) is 77.5 Å². The van der Waals surface area contributed by atoms with Crippen molar-refractivity contribution >= 4 is 17.7 Å². The van der Waals surface area contributed by atoms with Gasteiger partial charge in [-0.15, -0.1) is 0 Å². The average Bonchev–Trinajstić information content (AvgIpc) is 3.75. The highest BCUT2D eigenvalue weighted by atomic mass is 16.3. The number of hydrogen-bond donors (Lipinski definition) is 3. The number of aliphatic hydroxyl groups is 1. The van der Waals surface area contributed by atoms with Gasteiger partial charge in [-0.25, -0.2) is 0 Å². The molecule has 5 rings (SSSR count). The minimum absolute atomic E-state index is 0.0245. The predicted octanol–water partition coefficient (Wildman–Crippen LogP) is 3.94. The van der Waals surface area contributed by atoms with Gasteiger partial charge >= 0.3 is 0 Å². The summed E-state index contributed by atoms with van der Waals surface area (Å²) in [5, 5.41) is 16.7. The molecule has 2 heterocycles. The van der Waals surface area contributed by atoms with E-state index in [1.165, 1.54) is 64.2 Å². The van der Waals surface area contributed by atoms with Crippen LogP contribution in [0.1, 0.15) is 112 Å². The number of amides is 3. The number of hydrogen-bond acceptors (Lipinski definition) is 5. The zero-order valence-electron chi connectivity index (χ0n) is 24.3. The molecule has 8 heteroatoms. The Hall–Kier alpha value is -2.45. The number of benzene rings is 1. The van der Waals surface area contributed by atoms with Gasteiger partial charge in [-0.1, -0.05) is 63.5 Å². The smallest absolute Gasteiger partial charge is 0.254 e. The first kappa shape index (κ1) is 29.1. The van der Waals surface area contributed by atoms with Crippen LogP contribution in [0, 0.1) is 5.41 Å². The molecule has 0 bridgehead atoms.